The van der Waals surface area contributed by atoms with Gasteiger partial charge in [-0.05, 0) is 54.1 Å². The summed E-state index contributed by atoms with van der Waals surface area (Å²) in [5.41, 5.74) is 6.56. The van der Waals surface area contributed by atoms with E-state index in [0.29, 0.717) is 18.3 Å². The van der Waals surface area contributed by atoms with E-state index in [0.717, 1.165) is 28.6 Å². The van der Waals surface area contributed by atoms with E-state index < -0.39 is 0 Å². The fourth-order valence-electron chi connectivity index (χ4n) is 1.81. The maximum absolute atomic E-state index is 5.88. The average molecular weight is 277 g/mol. The Morgan fingerprint density at radius 3 is 3.00 bits per heavy atom. The van der Waals surface area contributed by atoms with Crippen molar-refractivity contribution < 1.29 is 4.74 Å². The second-order valence-corrected chi connectivity index (χ2v) is 5.45. The summed E-state index contributed by atoms with van der Waals surface area (Å²) >= 11 is 1.51. The summed E-state index contributed by atoms with van der Waals surface area (Å²) in [5.74, 6) is 0.774. The lowest BCUT2D eigenvalue weighted by molar-refractivity contribution is 0.339. The number of rotatable bonds is 5. The van der Waals surface area contributed by atoms with E-state index in [1.54, 1.807) is 0 Å². The number of tetrazole rings is 1. The SMILES string of the molecule is CCOc1cc(N)cc(Sc2nnnn2C2CC2)c1. The van der Waals surface area contributed by atoms with Gasteiger partial charge in [0.1, 0.15) is 5.75 Å². The third-order valence-corrected chi connectivity index (χ3v) is 3.70. The van der Waals surface area contributed by atoms with Crippen molar-refractivity contribution in [1.29, 1.82) is 0 Å². The Hall–Kier alpha value is -1.76. The number of nitrogens with zero attached hydrogens (tertiary/aromatic N) is 4. The highest BCUT2D eigenvalue weighted by atomic mass is 32.2. The third kappa shape index (κ3) is 2.81. The minimum Gasteiger partial charge on any atom is -0.494 e. The Balaban J connectivity index is 1.83. The molecule has 100 valence electrons. The van der Waals surface area contributed by atoms with Crippen molar-refractivity contribution in [3.8, 4) is 5.75 Å². The number of nitrogens with two attached hydrogens (primary N) is 1. The molecular formula is C12H15N5OS. The predicted octanol–water partition coefficient (Wildman–Crippen LogP) is 2.14. The van der Waals surface area contributed by atoms with Crippen LogP contribution in [0, 0.1) is 0 Å². The van der Waals surface area contributed by atoms with Gasteiger partial charge in [-0.3, -0.25) is 0 Å². The molecule has 1 heterocycles. The number of aromatic nitrogens is 4. The van der Waals surface area contributed by atoms with Gasteiger partial charge in [-0.1, -0.05) is 0 Å². The molecule has 0 aliphatic heterocycles. The average Bonchev–Trinajstić information content (AvgIpc) is 3.10. The van der Waals surface area contributed by atoms with Crippen LogP contribution in [0.2, 0.25) is 0 Å². The van der Waals surface area contributed by atoms with Gasteiger partial charge in [0.05, 0.1) is 12.6 Å². The monoisotopic (exact) mass is 277 g/mol. The minimum atomic E-state index is 0.463. The van der Waals surface area contributed by atoms with Gasteiger partial charge < -0.3 is 10.5 Å². The number of ether oxygens (including phenoxy) is 1. The lowest BCUT2D eigenvalue weighted by atomic mass is 10.3. The molecule has 1 aliphatic carbocycles. The Kier molecular flexibility index (Phi) is 3.29. The molecule has 1 saturated carbocycles. The molecule has 0 bridgehead atoms. The van der Waals surface area contributed by atoms with Gasteiger partial charge in [0.15, 0.2) is 0 Å². The molecule has 0 amide bonds. The molecule has 0 unspecified atom stereocenters. The summed E-state index contributed by atoms with van der Waals surface area (Å²) < 4.78 is 7.37. The van der Waals surface area contributed by atoms with Crippen LogP contribution in [-0.4, -0.2) is 26.8 Å². The van der Waals surface area contributed by atoms with Crippen LogP contribution in [0.1, 0.15) is 25.8 Å². The first-order valence-electron chi connectivity index (χ1n) is 6.25. The van der Waals surface area contributed by atoms with Crippen LogP contribution >= 0.6 is 11.8 Å². The molecular weight excluding hydrogens is 262 g/mol. The fourth-order valence-corrected chi connectivity index (χ4v) is 2.75. The topological polar surface area (TPSA) is 78.8 Å². The molecule has 6 nitrogen and oxygen atoms in total. The summed E-state index contributed by atoms with van der Waals surface area (Å²) in [6, 6.07) is 6.14. The van der Waals surface area contributed by atoms with Gasteiger partial charge in [0, 0.05) is 16.6 Å². The summed E-state index contributed by atoms with van der Waals surface area (Å²) in [5, 5.41) is 12.6. The maximum atomic E-state index is 5.88. The zero-order chi connectivity index (χ0) is 13.2. The van der Waals surface area contributed by atoms with E-state index in [2.05, 4.69) is 15.5 Å². The molecule has 1 fully saturated rings. The summed E-state index contributed by atoms with van der Waals surface area (Å²) in [6.07, 6.45) is 2.31. The van der Waals surface area contributed by atoms with E-state index in [4.69, 9.17) is 10.5 Å². The van der Waals surface area contributed by atoms with Gasteiger partial charge in [-0.15, -0.1) is 5.10 Å². The first-order valence-corrected chi connectivity index (χ1v) is 7.07. The predicted molar refractivity (Wildman–Crippen MR) is 72.2 cm³/mol. The molecule has 1 aromatic carbocycles. The smallest absolute Gasteiger partial charge is 0.214 e. The summed E-state index contributed by atoms with van der Waals surface area (Å²) in [7, 11) is 0. The Morgan fingerprint density at radius 2 is 2.26 bits per heavy atom. The summed E-state index contributed by atoms with van der Waals surface area (Å²) in [6.45, 7) is 2.57. The highest BCUT2D eigenvalue weighted by Crippen LogP contribution is 2.38. The minimum absolute atomic E-state index is 0.463. The van der Waals surface area contributed by atoms with Crippen molar-refractivity contribution in [3.05, 3.63) is 18.2 Å². The van der Waals surface area contributed by atoms with E-state index in [9.17, 15) is 0 Å². The Bertz CT molecular complexity index is 581. The zero-order valence-electron chi connectivity index (χ0n) is 10.6. The van der Waals surface area contributed by atoms with Gasteiger partial charge in [0.2, 0.25) is 5.16 Å². The third-order valence-electron chi connectivity index (χ3n) is 2.78. The number of hydrogen-bond donors (Lipinski definition) is 1. The molecule has 2 aromatic rings. The van der Waals surface area contributed by atoms with Crippen LogP contribution < -0.4 is 10.5 Å². The standard InChI is InChI=1S/C12H15N5OS/c1-2-18-10-5-8(13)6-11(7-10)19-12-14-15-16-17(12)9-3-4-9/h5-7,9H,2-4,13H2,1H3. The molecule has 0 saturated heterocycles. The summed E-state index contributed by atoms with van der Waals surface area (Å²) in [4.78, 5) is 0.986. The highest BCUT2D eigenvalue weighted by Gasteiger charge is 2.28. The molecule has 3 rings (SSSR count). The van der Waals surface area contributed by atoms with Crippen LogP contribution in [-0.2, 0) is 0 Å². The van der Waals surface area contributed by atoms with Crippen molar-refractivity contribution in [2.45, 2.75) is 35.9 Å². The number of nitrogen functional groups attached to an aromatic ring is 1. The largest absolute Gasteiger partial charge is 0.494 e. The lowest BCUT2D eigenvalue weighted by Crippen LogP contribution is -1.99. The maximum Gasteiger partial charge on any atom is 0.214 e. The Labute approximate surface area is 115 Å². The second kappa shape index (κ2) is 5.08. The van der Waals surface area contributed by atoms with E-state index >= 15 is 0 Å². The van der Waals surface area contributed by atoms with Crippen molar-refractivity contribution >= 4 is 17.4 Å². The van der Waals surface area contributed by atoms with E-state index in [-0.39, 0.29) is 0 Å². The van der Waals surface area contributed by atoms with E-state index in [1.165, 1.54) is 11.8 Å². The number of anilines is 1. The Morgan fingerprint density at radius 1 is 1.42 bits per heavy atom. The molecule has 1 aromatic heterocycles. The van der Waals surface area contributed by atoms with Crippen LogP contribution in [0.4, 0.5) is 5.69 Å². The van der Waals surface area contributed by atoms with Crippen LogP contribution in [0.25, 0.3) is 0 Å². The normalized spacial score (nSPS) is 14.6. The van der Waals surface area contributed by atoms with Crippen molar-refractivity contribution in [1.82, 2.24) is 20.2 Å². The molecule has 0 spiro atoms. The number of hydrogen-bond acceptors (Lipinski definition) is 6. The molecule has 0 atom stereocenters. The quantitative estimate of drug-likeness (QED) is 0.843. The van der Waals surface area contributed by atoms with Crippen LogP contribution in [0.15, 0.2) is 28.3 Å². The van der Waals surface area contributed by atoms with Gasteiger partial charge in [-0.25, -0.2) is 4.68 Å². The van der Waals surface area contributed by atoms with Crippen LogP contribution in [0.3, 0.4) is 0 Å². The van der Waals surface area contributed by atoms with Gasteiger partial charge in [0.25, 0.3) is 0 Å². The zero-order valence-corrected chi connectivity index (χ0v) is 11.4. The van der Waals surface area contributed by atoms with Crippen molar-refractivity contribution in [2.75, 3.05) is 12.3 Å². The number of benzene rings is 1. The van der Waals surface area contributed by atoms with Crippen molar-refractivity contribution in [3.63, 3.8) is 0 Å². The first kappa shape index (κ1) is 12.3. The molecule has 7 heteroatoms. The lowest BCUT2D eigenvalue weighted by Gasteiger charge is -2.07. The van der Waals surface area contributed by atoms with Gasteiger partial charge in [-0.2, -0.15) is 0 Å². The first-order chi connectivity index (χ1) is 9.26. The molecule has 19 heavy (non-hydrogen) atoms. The molecule has 1 aliphatic rings. The van der Waals surface area contributed by atoms with E-state index in [1.807, 2.05) is 29.8 Å². The highest BCUT2D eigenvalue weighted by molar-refractivity contribution is 7.99. The fraction of sp³-hybridized carbons (Fsp3) is 0.417. The molecule has 0 radical (unpaired) electrons. The van der Waals surface area contributed by atoms with Crippen LogP contribution in [0.5, 0.6) is 5.75 Å². The van der Waals surface area contributed by atoms with Gasteiger partial charge >= 0.3 is 0 Å². The molecule has 2 N–H and O–H groups in total. The van der Waals surface area contributed by atoms with Crippen molar-refractivity contribution in [2.24, 2.45) is 0 Å². The second-order valence-electron chi connectivity index (χ2n) is 4.41.